The number of hydrogen-bond acceptors (Lipinski definition) is 3. The van der Waals surface area contributed by atoms with Gasteiger partial charge in [0.05, 0.1) is 6.10 Å². The fraction of sp³-hybridized carbons (Fsp3) is 0.400. The Bertz CT molecular complexity index is 263. The van der Waals surface area contributed by atoms with E-state index in [9.17, 15) is 5.11 Å². The highest BCUT2D eigenvalue weighted by atomic mass is 35.5. The predicted molar refractivity (Wildman–Crippen MR) is 61.6 cm³/mol. The Hall–Kier alpha value is -0.770. The molecular formula is C10H17ClN2O. The third-order valence-corrected chi connectivity index (χ3v) is 2.21. The standard InChI is InChI=1S/C10H16N2O.ClH/c1-7(12-2)10(13)8-3-5-9(11)6-4-8;/h3-7,10,12-13H,11H2,1-2H3;1H. The van der Waals surface area contributed by atoms with Gasteiger partial charge in [-0.05, 0) is 31.7 Å². The Kier molecular flexibility index (Phi) is 5.53. The van der Waals surface area contributed by atoms with Gasteiger partial charge < -0.3 is 16.2 Å². The molecule has 0 radical (unpaired) electrons. The van der Waals surface area contributed by atoms with Crippen molar-refractivity contribution in [3.63, 3.8) is 0 Å². The molecule has 0 aromatic heterocycles. The summed E-state index contributed by atoms with van der Waals surface area (Å²) in [6, 6.07) is 7.31. The van der Waals surface area contributed by atoms with Gasteiger partial charge in [-0.15, -0.1) is 12.4 Å². The van der Waals surface area contributed by atoms with Crippen LogP contribution in [0.5, 0.6) is 0 Å². The number of benzene rings is 1. The van der Waals surface area contributed by atoms with Gasteiger partial charge in [0.1, 0.15) is 0 Å². The number of likely N-dealkylation sites (N-methyl/N-ethyl adjacent to an activating group) is 1. The maximum atomic E-state index is 9.78. The lowest BCUT2D eigenvalue weighted by atomic mass is 10.0. The normalized spacial score (nSPS) is 14.2. The lowest BCUT2D eigenvalue weighted by molar-refractivity contribution is 0.140. The molecule has 0 aliphatic carbocycles. The molecule has 0 aliphatic heterocycles. The number of aliphatic hydroxyl groups excluding tert-OH is 1. The molecule has 1 aromatic rings. The number of halogens is 1. The van der Waals surface area contributed by atoms with Gasteiger partial charge in [-0.1, -0.05) is 12.1 Å². The summed E-state index contributed by atoms with van der Waals surface area (Å²) in [5, 5.41) is 12.8. The van der Waals surface area contributed by atoms with Crippen LogP contribution >= 0.6 is 12.4 Å². The Morgan fingerprint density at radius 1 is 1.29 bits per heavy atom. The first-order valence-corrected chi connectivity index (χ1v) is 4.36. The van der Waals surface area contributed by atoms with Gasteiger partial charge in [0, 0.05) is 11.7 Å². The number of hydrogen-bond donors (Lipinski definition) is 3. The topological polar surface area (TPSA) is 58.3 Å². The van der Waals surface area contributed by atoms with Crippen LogP contribution in [0.1, 0.15) is 18.6 Å². The van der Waals surface area contributed by atoms with Crippen LogP contribution in [0.25, 0.3) is 0 Å². The molecule has 80 valence electrons. The summed E-state index contributed by atoms with van der Waals surface area (Å²) in [5.74, 6) is 0. The maximum Gasteiger partial charge on any atom is 0.0940 e. The highest BCUT2D eigenvalue weighted by Crippen LogP contribution is 2.17. The Labute approximate surface area is 90.7 Å². The van der Waals surface area contributed by atoms with E-state index in [0.29, 0.717) is 5.69 Å². The molecule has 14 heavy (non-hydrogen) atoms. The molecule has 1 rings (SSSR count). The molecule has 1 aromatic carbocycles. The Morgan fingerprint density at radius 3 is 2.21 bits per heavy atom. The summed E-state index contributed by atoms with van der Waals surface area (Å²) in [5.41, 5.74) is 7.14. The summed E-state index contributed by atoms with van der Waals surface area (Å²) in [6.07, 6.45) is -0.481. The van der Waals surface area contributed by atoms with Crippen molar-refractivity contribution in [1.29, 1.82) is 0 Å². The molecule has 2 unspecified atom stereocenters. The van der Waals surface area contributed by atoms with E-state index in [-0.39, 0.29) is 18.4 Å². The molecule has 4 N–H and O–H groups in total. The van der Waals surface area contributed by atoms with Crippen LogP contribution in [0.3, 0.4) is 0 Å². The van der Waals surface area contributed by atoms with Crippen molar-refractivity contribution in [3.05, 3.63) is 29.8 Å². The van der Waals surface area contributed by atoms with Crippen LogP contribution in [-0.2, 0) is 0 Å². The highest BCUT2D eigenvalue weighted by molar-refractivity contribution is 5.85. The van der Waals surface area contributed by atoms with Crippen molar-refractivity contribution in [2.75, 3.05) is 12.8 Å². The summed E-state index contributed by atoms with van der Waals surface area (Å²) in [7, 11) is 1.82. The average Bonchev–Trinajstić information content (AvgIpc) is 2.17. The van der Waals surface area contributed by atoms with Gasteiger partial charge in [0.25, 0.3) is 0 Å². The van der Waals surface area contributed by atoms with Crippen LogP contribution in [0.15, 0.2) is 24.3 Å². The number of anilines is 1. The zero-order valence-electron chi connectivity index (χ0n) is 8.40. The van der Waals surface area contributed by atoms with E-state index in [1.54, 1.807) is 12.1 Å². The van der Waals surface area contributed by atoms with Gasteiger partial charge >= 0.3 is 0 Å². The average molecular weight is 217 g/mol. The third-order valence-electron chi connectivity index (χ3n) is 2.21. The summed E-state index contributed by atoms with van der Waals surface area (Å²) in [4.78, 5) is 0. The zero-order chi connectivity index (χ0) is 9.84. The quantitative estimate of drug-likeness (QED) is 0.669. The van der Waals surface area contributed by atoms with Crippen molar-refractivity contribution in [1.82, 2.24) is 5.32 Å². The minimum absolute atomic E-state index is 0. The maximum absolute atomic E-state index is 9.78. The molecule has 0 heterocycles. The third kappa shape index (κ3) is 3.18. The van der Waals surface area contributed by atoms with E-state index in [0.717, 1.165) is 5.56 Å². The van der Waals surface area contributed by atoms with Gasteiger partial charge in [-0.2, -0.15) is 0 Å². The second-order valence-corrected chi connectivity index (χ2v) is 3.19. The smallest absolute Gasteiger partial charge is 0.0940 e. The number of rotatable bonds is 3. The van der Waals surface area contributed by atoms with Crippen LogP contribution in [0.4, 0.5) is 5.69 Å². The first kappa shape index (κ1) is 13.2. The molecule has 0 aliphatic rings. The minimum atomic E-state index is -0.481. The van der Waals surface area contributed by atoms with Crippen molar-refractivity contribution >= 4 is 18.1 Å². The molecular weight excluding hydrogens is 200 g/mol. The van der Waals surface area contributed by atoms with Crippen molar-refractivity contribution < 1.29 is 5.11 Å². The number of nitrogens with two attached hydrogens (primary N) is 1. The van der Waals surface area contributed by atoms with E-state index in [2.05, 4.69) is 5.32 Å². The van der Waals surface area contributed by atoms with E-state index < -0.39 is 6.10 Å². The SMILES string of the molecule is CNC(C)C(O)c1ccc(N)cc1.Cl. The fourth-order valence-electron chi connectivity index (χ4n) is 1.14. The van der Waals surface area contributed by atoms with Crippen LogP contribution in [-0.4, -0.2) is 18.2 Å². The predicted octanol–water partition coefficient (Wildman–Crippen LogP) is 1.33. The first-order valence-electron chi connectivity index (χ1n) is 4.36. The number of nitrogen functional groups attached to an aromatic ring is 1. The van der Waals surface area contributed by atoms with E-state index in [4.69, 9.17) is 5.73 Å². The Morgan fingerprint density at radius 2 is 1.79 bits per heavy atom. The molecule has 0 saturated carbocycles. The lowest BCUT2D eigenvalue weighted by Crippen LogP contribution is -2.28. The highest BCUT2D eigenvalue weighted by Gasteiger charge is 2.13. The monoisotopic (exact) mass is 216 g/mol. The molecule has 0 fully saturated rings. The van der Waals surface area contributed by atoms with Crippen molar-refractivity contribution in [2.24, 2.45) is 0 Å². The van der Waals surface area contributed by atoms with Gasteiger partial charge in [-0.3, -0.25) is 0 Å². The van der Waals surface area contributed by atoms with Crippen LogP contribution in [0.2, 0.25) is 0 Å². The first-order chi connectivity index (χ1) is 6.15. The zero-order valence-corrected chi connectivity index (χ0v) is 9.21. The molecule has 0 spiro atoms. The van der Waals surface area contributed by atoms with Crippen molar-refractivity contribution in [3.8, 4) is 0 Å². The second kappa shape index (κ2) is 5.86. The molecule has 3 nitrogen and oxygen atoms in total. The number of nitrogens with one attached hydrogen (secondary N) is 1. The summed E-state index contributed by atoms with van der Waals surface area (Å²) >= 11 is 0. The Balaban J connectivity index is 0.00000169. The number of aliphatic hydroxyl groups is 1. The largest absolute Gasteiger partial charge is 0.399 e. The molecule has 0 saturated heterocycles. The molecule has 0 amide bonds. The van der Waals surface area contributed by atoms with Crippen LogP contribution < -0.4 is 11.1 Å². The van der Waals surface area contributed by atoms with Gasteiger partial charge in [0.2, 0.25) is 0 Å². The van der Waals surface area contributed by atoms with Gasteiger partial charge in [0.15, 0.2) is 0 Å². The van der Waals surface area contributed by atoms with E-state index in [1.165, 1.54) is 0 Å². The van der Waals surface area contributed by atoms with Gasteiger partial charge in [-0.25, -0.2) is 0 Å². The summed E-state index contributed by atoms with van der Waals surface area (Å²) < 4.78 is 0. The fourth-order valence-corrected chi connectivity index (χ4v) is 1.14. The van der Waals surface area contributed by atoms with Crippen LogP contribution in [0, 0.1) is 0 Å². The minimum Gasteiger partial charge on any atom is -0.399 e. The molecule has 0 bridgehead atoms. The molecule has 4 heteroatoms. The van der Waals surface area contributed by atoms with E-state index >= 15 is 0 Å². The molecule has 2 atom stereocenters. The van der Waals surface area contributed by atoms with Crippen molar-refractivity contribution in [2.45, 2.75) is 19.1 Å². The second-order valence-electron chi connectivity index (χ2n) is 3.19. The van der Waals surface area contributed by atoms with E-state index in [1.807, 2.05) is 26.1 Å². The lowest BCUT2D eigenvalue weighted by Gasteiger charge is -2.18. The summed E-state index contributed by atoms with van der Waals surface area (Å²) in [6.45, 7) is 1.93.